The molecule has 0 spiro atoms. The van der Waals surface area contributed by atoms with Crippen molar-refractivity contribution >= 4 is 5.91 Å². The molecule has 8 nitrogen and oxygen atoms in total. The number of piperidine rings is 1. The second-order valence-electron chi connectivity index (χ2n) is 7.69. The second kappa shape index (κ2) is 8.36. The lowest BCUT2D eigenvalue weighted by Crippen LogP contribution is -2.58. The van der Waals surface area contributed by atoms with Crippen LogP contribution in [0, 0.1) is 12.3 Å². The fourth-order valence-electron chi connectivity index (χ4n) is 4.22. The summed E-state index contributed by atoms with van der Waals surface area (Å²) < 4.78 is 17.3. The molecule has 0 aliphatic carbocycles. The van der Waals surface area contributed by atoms with Gasteiger partial charge in [0.2, 0.25) is 11.8 Å². The Morgan fingerprint density at radius 1 is 1.39 bits per heavy atom. The molecule has 2 saturated heterocycles. The number of hydrogen-bond donors (Lipinski definition) is 0. The zero-order valence-corrected chi connectivity index (χ0v) is 16.2. The fourth-order valence-corrected chi connectivity index (χ4v) is 4.22. The van der Waals surface area contributed by atoms with Crippen molar-refractivity contribution in [2.75, 3.05) is 26.3 Å². The van der Waals surface area contributed by atoms with Gasteiger partial charge in [0.15, 0.2) is 5.82 Å². The van der Waals surface area contributed by atoms with Crippen molar-refractivity contribution in [2.24, 2.45) is 5.41 Å². The molecular weight excluding hydrogens is 360 g/mol. The van der Waals surface area contributed by atoms with Crippen molar-refractivity contribution in [1.82, 2.24) is 20.0 Å². The van der Waals surface area contributed by atoms with Gasteiger partial charge in [-0.2, -0.15) is 4.98 Å². The summed E-state index contributed by atoms with van der Waals surface area (Å²) in [6.07, 6.45) is 6.62. The number of likely N-dealkylation sites (tertiary alicyclic amines) is 1. The highest BCUT2D eigenvalue weighted by atomic mass is 16.5. The molecule has 150 valence electrons. The van der Waals surface area contributed by atoms with Crippen LogP contribution in [0.25, 0.3) is 0 Å². The largest absolute Gasteiger partial charge is 0.377 e. The highest BCUT2D eigenvalue weighted by Gasteiger charge is 2.47. The fraction of sp³-hybridized carbons (Fsp3) is 0.600. The zero-order chi connectivity index (χ0) is 19.4. The number of carbonyl (C=O) groups is 1. The molecule has 0 bridgehead atoms. The Hall–Kier alpha value is -2.32. The molecule has 2 fully saturated rings. The average molecular weight is 386 g/mol. The zero-order valence-electron chi connectivity index (χ0n) is 16.2. The van der Waals surface area contributed by atoms with Crippen LogP contribution in [0.1, 0.15) is 36.5 Å². The van der Waals surface area contributed by atoms with E-state index in [9.17, 15) is 4.79 Å². The first-order valence-corrected chi connectivity index (χ1v) is 9.80. The lowest BCUT2D eigenvalue weighted by Gasteiger charge is -2.50. The molecule has 0 radical (unpaired) electrons. The number of amides is 1. The van der Waals surface area contributed by atoms with E-state index in [0.29, 0.717) is 38.0 Å². The van der Waals surface area contributed by atoms with Gasteiger partial charge < -0.3 is 18.9 Å². The molecule has 4 rings (SSSR count). The molecule has 1 amide bonds. The van der Waals surface area contributed by atoms with Crippen LogP contribution in [-0.4, -0.2) is 58.3 Å². The van der Waals surface area contributed by atoms with Crippen molar-refractivity contribution in [3.05, 3.63) is 41.8 Å². The van der Waals surface area contributed by atoms with E-state index in [0.717, 1.165) is 31.4 Å². The molecular formula is C20H26N4O4. The summed E-state index contributed by atoms with van der Waals surface area (Å²) in [5.41, 5.74) is 0.930. The number of carbonyl (C=O) groups excluding carboxylic acids is 1. The van der Waals surface area contributed by atoms with Crippen LogP contribution in [0.15, 0.2) is 29.0 Å². The second-order valence-corrected chi connectivity index (χ2v) is 7.69. The first-order valence-electron chi connectivity index (χ1n) is 9.80. The van der Waals surface area contributed by atoms with Gasteiger partial charge in [-0.25, -0.2) is 0 Å². The number of aryl methyl sites for hydroxylation is 1. The summed E-state index contributed by atoms with van der Waals surface area (Å²) in [4.78, 5) is 22.9. The number of fused-ring (bicyclic) bond motifs is 1. The molecule has 2 aliphatic heterocycles. The summed E-state index contributed by atoms with van der Waals surface area (Å²) in [6.45, 7) is 4.96. The minimum absolute atomic E-state index is 0.0150. The van der Waals surface area contributed by atoms with Crippen LogP contribution in [0.4, 0.5) is 0 Å². The lowest BCUT2D eigenvalue weighted by atomic mass is 9.73. The van der Waals surface area contributed by atoms with Gasteiger partial charge in [-0.05, 0) is 43.9 Å². The Labute approximate surface area is 164 Å². The first kappa shape index (κ1) is 19.0. The molecule has 0 aromatic carbocycles. The molecule has 28 heavy (non-hydrogen) atoms. The maximum atomic E-state index is 12.8. The summed E-state index contributed by atoms with van der Waals surface area (Å²) in [5, 5.41) is 3.76. The van der Waals surface area contributed by atoms with Crippen LogP contribution in [0.2, 0.25) is 0 Å². The van der Waals surface area contributed by atoms with E-state index in [2.05, 4.69) is 15.1 Å². The normalized spacial score (nSPS) is 24.8. The summed E-state index contributed by atoms with van der Waals surface area (Å²) >= 11 is 0. The molecule has 8 heteroatoms. The van der Waals surface area contributed by atoms with Crippen LogP contribution in [-0.2, 0) is 27.3 Å². The molecule has 2 atom stereocenters. The Morgan fingerprint density at radius 3 is 3.04 bits per heavy atom. The standard InChI is InChI=1S/C20H26N4O4/c1-15-22-18(28-23-15)11-19(25)24-9-5-17-20(13-24,6-2-10-27-17)14-26-12-16-3-7-21-8-4-16/h3-4,7-8,17H,2,5-6,9-14H2,1H3/t17-,20-/m0/s1. The van der Waals surface area contributed by atoms with Gasteiger partial charge >= 0.3 is 0 Å². The Morgan fingerprint density at radius 2 is 2.25 bits per heavy atom. The van der Waals surface area contributed by atoms with E-state index in [1.54, 1.807) is 19.3 Å². The van der Waals surface area contributed by atoms with Gasteiger partial charge in [-0.15, -0.1) is 0 Å². The van der Waals surface area contributed by atoms with Crippen LogP contribution >= 0.6 is 0 Å². The number of rotatable bonds is 6. The minimum atomic E-state index is -0.163. The molecule has 0 N–H and O–H groups in total. The third-order valence-electron chi connectivity index (χ3n) is 5.62. The average Bonchev–Trinajstić information content (AvgIpc) is 3.13. The van der Waals surface area contributed by atoms with Gasteiger partial charge in [0.05, 0.1) is 19.3 Å². The van der Waals surface area contributed by atoms with Gasteiger partial charge in [-0.1, -0.05) is 5.16 Å². The Kier molecular flexibility index (Phi) is 5.68. The number of ether oxygens (including phenoxy) is 2. The van der Waals surface area contributed by atoms with Gasteiger partial charge in [-0.3, -0.25) is 9.78 Å². The molecule has 2 aromatic rings. The van der Waals surface area contributed by atoms with Crippen molar-refractivity contribution in [1.29, 1.82) is 0 Å². The number of hydrogen-bond acceptors (Lipinski definition) is 7. The van der Waals surface area contributed by atoms with Crippen molar-refractivity contribution < 1.29 is 18.8 Å². The SMILES string of the molecule is Cc1noc(CC(=O)N2CC[C@@H]3OCCC[C@@]3(COCc3ccncc3)C2)n1. The van der Waals surface area contributed by atoms with Gasteiger partial charge in [0.1, 0.15) is 6.42 Å². The van der Waals surface area contributed by atoms with Crippen LogP contribution in [0.3, 0.4) is 0 Å². The predicted molar refractivity (Wildman–Crippen MR) is 99.2 cm³/mol. The molecule has 0 unspecified atom stereocenters. The summed E-state index contributed by atoms with van der Waals surface area (Å²) in [5.74, 6) is 0.928. The van der Waals surface area contributed by atoms with E-state index in [1.165, 1.54) is 0 Å². The topological polar surface area (TPSA) is 90.6 Å². The van der Waals surface area contributed by atoms with E-state index < -0.39 is 0 Å². The number of nitrogens with zero attached hydrogens (tertiary/aromatic N) is 4. The first-order chi connectivity index (χ1) is 13.6. The van der Waals surface area contributed by atoms with Crippen LogP contribution in [0.5, 0.6) is 0 Å². The number of aromatic nitrogens is 3. The number of pyridine rings is 1. The summed E-state index contributed by atoms with van der Waals surface area (Å²) in [6, 6.07) is 3.91. The maximum absolute atomic E-state index is 12.8. The van der Waals surface area contributed by atoms with Crippen molar-refractivity contribution in [2.45, 2.75) is 45.3 Å². The van der Waals surface area contributed by atoms with E-state index in [1.807, 2.05) is 17.0 Å². The molecule has 4 heterocycles. The third-order valence-corrected chi connectivity index (χ3v) is 5.62. The third kappa shape index (κ3) is 4.23. The lowest BCUT2D eigenvalue weighted by molar-refractivity contribution is -0.165. The molecule has 0 saturated carbocycles. The van der Waals surface area contributed by atoms with Crippen molar-refractivity contribution in [3.8, 4) is 0 Å². The Balaban J connectivity index is 1.40. The quantitative estimate of drug-likeness (QED) is 0.749. The van der Waals surface area contributed by atoms with Gasteiger partial charge in [0, 0.05) is 37.5 Å². The molecule has 2 aromatic heterocycles. The summed E-state index contributed by atoms with van der Waals surface area (Å²) in [7, 11) is 0. The molecule has 2 aliphatic rings. The monoisotopic (exact) mass is 386 g/mol. The van der Waals surface area contributed by atoms with E-state index in [-0.39, 0.29) is 23.8 Å². The van der Waals surface area contributed by atoms with Gasteiger partial charge in [0.25, 0.3) is 0 Å². The maximum Gasteiger partial charge on any atom is 0.236 e. The highest BCUT2D eigenvalue weighted by molar-refractivity contribution is 5.78. The van der Waals surface area contributed by atoms with Crippen LogP contribution < -0.4 is 0 Å². The Bertz CT molecular complexity index is 797. The van der Waals surface area contributed by atoms with Crippen molar-refractivity contribution in [3.63, 3.8) is 0 Å². The van der Waals surface area contributed by atoms with E-state index in [4.69, 9.17) is 14.0 Å². The smallest absolute Gasteiger partial charge is 0.236 e. The van der Waals surface area contributed by atoms with E-state index >= 15 is 0 Å². The highest BCUT2D eigenvalue weighted by Crippen LogP contribution is 2.40. The predicted octanol–water partition coefficient (Wildman–Crippen LogP) is 1.93. The minimum Gasteiger partial charge on any atom is -0.377 e.